The molecule has 4 N–H and O–H groups in total. The molecule has 0 spiro atoms. The molecule has 1 aromatic carbocycles. The van der Waals surface area contributed by atoms with Gasteiger partial charge in [-0.05, 0) is 40.4 Å². The number of halogens is 1. The smallest absolute Gasteiger partial charge is 0.313 e. The zero-order valence-corrected chi connectivity index (χ0v) is 20.1. The largest absolute Gasteiger partial charge is 0.345 e. The highest BCUT2D eigenvalue weighted by molar-refractivity contribution is 9.10. The summed E-state index contributed by atoms with van der Waals surface area (Å²) < 4.78 is 24.4. The fraction of sp³-hybridized carbons (Fsp3) is 0.421. The van der Waals surface area contributed by atoms with Gasteiger partial charge in [-0.15, -0.1) is 0 Å². The number of hydrogen-bond donors (Lipinski definition) is 4. The van der Waals surface area contributed by atoms with Crippen LogP contribution in [0.15, 0.2) is 28.7 Å². The molecule has 0 aliphatic heterocycles. The second-order valence-corrected chi connectivity index (χ2v) is 9.82. The molecule has 4 amide bonds. The topological polar surface area (TPSA) is 168 Å². The Balaban J connectivity index is 2.72. The monoisotopic (exact) mass is 532 g/mol. The van der Waals surface area contributed by atoms with Gasteiger partial charge in [0.25, 0.3) is 0 Å². The molecule has 11 nitrogen and oxygen atoms in total. The lowest BCUT2D eigenvalue weighted by molar-refractivity contribution is -0.138. The zero-order chi connectivity index (χ0) is 24.5. The third-order valence-corrected chi connectivity index (χ3v) is 5.33. The summed E-state index contributed by atoms with van der Waals surface area (Å²) >= 11 is 3.24. The first-order valence-corrected chi connectivity index (χ1v) is 12.1. The van der Waals surface area contributed by atoms with Crippen LogP contribution in [0.5, 0.6) is 0 Å². The van der Waals surface area contributed by atoms with Gasteiger partial charge in [0, 0.05) is 10.9 Å². The standard InChI is InChI=1S/C19H25BrN4O7S/c1-11(2)16(23-19(29)18(28)22-14-7-5-4-6-13(14)20)17(27)21-12(10-25)8-9-15(26)24-32(3,30)31/h4-7,10-12,16H,8-9H2,1-3H3,(H,21,27)(H,22,28)(H,23,29)(H,24,26). The van der Waals surface area contributed by atoms with E-state index < -0.39 is 51.7 Å². The van der Waals surface area contributed by atoms with Crippen molar-refractivity contribution in [3.05, 3.63) is 28.7 Å². The van der Waals surface area contributed by atoms with Gasteiger partial charge < -0.3 is 20.7 Å². The maximum atomic E-state index is 12.6. The van der Waals surface area contributed by atoms with Crippen molar-refractivity contribution in [3.8, 4) is 0 Å². The highest BCUT2D eigenvalue weighted by Crippen LogP contribution is 2.21. The average Bonchev–Trinajstić information content (AvgIpc) is 2.68. The van der Waals surface area contributed by atoms with Gasteiger partial charge in [-0.3, -0.25) is 23.9 Å². The molecule has 0 saturated carbocycles. The summed E-state index contributed by atoms with van der Waals surface area (Å²) in [6.07, 6.45) is 0.721. The summed E-state index contributed by atoms with van der Waals surface area (Å²) in [5, 5.41) is 7.12. The lowest BCUT2D eigenvalue weighted by Crippen LogP contribution is -2.54. The van der Waals surface area contributed by atoms with Crippen LogP contribution in [0.25, 0.3) is 0 Å². The van der Waals surface area contributed by atoms with Gasteiger partial charge in [0.1, 0.15) is 12.3 Å². The van der Waals surface area contributed by atoms with E-state index in [2.05, 4.69) is 31.9 Å². The molecule has 0 fully saturated rings. The fourth-order valence-corrected chi connectivity index (χ4v) is 3.37. The van der Waals surface area contributed by atoms with Crippen LogP contribution in [0.1, 0.15) is 26.7 Å². The molecule has 32 heavy (non-hydrogen) atoms. The number of amides is 4. The van der Waals surface area contributed by atoms with E-state index in [4.69, 9.17) is 0 Å². The van der Waals surface area contributed by atoms with Crippen molar-refractivity contribution in [2.24, 2.45) is 5.92 Å². The summed E-state index contributed by atoms with van der Waals surface area (Å²) in [4.78, 5) is 59.9. The molecule has 2 atom stereocenters. The lowest BCUT2D eigenvalue weighted by atomic mass is 10.0. The van der Waals surface area contributed by atoms with Crippen molar-refractivity contribution in [1.82, 2.24) is 15.4 Å². The number of carbonyl (C=O) groups excluding carboxylic acids is 5. The Morgan fingerprint density at radius 3 is 2.22 bits per heavy atom. The summed E-state index contributed by atoms with van der Waals surface area (Å²) in [5.74, 6) is -4.03. The number of sulfonamides is 1. The number of aldehydes is 1. The van der Waals surface area contributed by atoms with Gasteiger partial charge >= 0.3 is 11.8 Å². The van der Waals surface area contributed by atoms with Crippen molar-refractivity contribution in [1.29, 1.82) is 0 Å². The second-order valence-electron chi connectivity index (χ2n) is 7.22. The molecule has 1 aromatic rings. The van der Waals surface area contributed by atoms with Gasteiger partial charge in [-0.25, -0.2) is 8.42 Å². The molecule has 0 aliphatic carbocycles. The van der Waals surface area contributed by atoms with Crippen LogP contribution in [0.3, 0.4) is 0 Å². The molecule has 0 bridgehead atoms. The molecule has 0 radical (unpaired) electrons. The first-order chi connectivity index (χ1) is 14.8. The highest BCUT2D eigenvalue weighted by atomic mass is 79.9. The number of anilines is 1. The van der Waals surface area contributed by atoms with Crippen LogP contribution >= 0.6 is 15.9 Å². The number of rotatable bonds is 10. The number of carbonyl (C=O) groups is 5. The molecule has 0 aliphatic rings. The Bertz CT molecular complexity index is 982. The molecule has 2 unspecified atom stereocenters. The van der Waals surface area contributed by atoms with Crippen molar-refractivity contribution in [2.75, 3.05) is 11.6 Å². The average molecular weight is 533 g/mol. The third kappa shape index (κ3) is 9.56. The summed E-state index contributed by atoms with van der Waals surface area (Å²) in [6, 6.07) is 4.41. The number of para-hydroxylation sites is 1. The molecular weight excluding hydrogens is 508 g/mol. The first kappa shape index (κ1) is 27.2. The minimum absolute atomic E-state index is 0.155. The zero-order valence-electron chi connectivity index (χ0n) is 17.7. The van der Waals surface area contributed by atoms with E-state index >= 15 is 0 Å². The van der Waals surface area contributed by atoms with E-state index in [-0.39, 0.29) is 12.8 Å². The fourth-order valence-electron chi connectivity index (χ4n) is 2.47. The van der Waals surface area contributed by atoms with E-state index in [9.17, 15) is 32.4 Å². The van der Waals surface area contributed by atoms with Crippen molar-refractivity contribution < 1.29 is 32.4 Å². The molecule has 0 aromatic heterocycles. The molecule has 0 heterocycles. The first-order valence-electron chi connectivity index (χ1n) is 9.46. The molecule has 1 rings (SSSR count). The molecule has 0 saturated heterocycles. The normalized spacial score (nSPS) is 12.9. The highest BCUT2D eigenvalue weighted by Gasteiger charge is 2.28. The molecule has 176 valence electrons. The Labute approximate surface area is 194 Å². The van der Waals surface area contributed by atoms with Crippen LogP contribution < -0.4 is 20.7 Å². The quantitative estimate of drug-likeness (QED) is 0.244. The van der Waals surface area contributed by atoms with E-state index in [0.717, 1.165) is 6.26 Å². The predicted octanol–water partition coefficient (Wildman–Crippen LogP) is 0.0681. The van der Waals surface area contributed by atoms with Crippen LogP contribution in [0.4, 0.5) is 5.69 Å². The van der Waals surface area contributed by atoms with Crippen LogP contribution in [0.2, 0.25) is 0 Å². The molecular formula is C19H25BrN4O7S. The van der Waals surface area contributed by atoms with Gasteiger partial charge in [-0.1, -0.05) is 26.0 Å². The third-order valence-electron chi connectivity index (χ3n) is 4.04. The van der Waals surface area contributed by atoms with Gasteiger partial charge in [-0.2, -0.15) is 0 Å². The molecule has 13 heteroatoms. The summed E-state index contributed by atoms with van der Waals surface area (Å²) in [6.45, 7) is 3.26. The van der Waals surface area contributed by atoms with Crippen LogP contribution in [0, 0.1) is 5.92 Å². The van der Waals surface area contributed by atoms with Crippen LogP contribution in [-0.4, -0.2) is 56.7 Å². The maximum absolute atomic E-state index is 12.6. The minimum Gasteiger partial charge on any atom is -0.345 e. The van der Waals surface area contributed by atoms with Gasteiger partial charge in [0.05, 0.1) is 18.0 Å². The Hall–Kier alpha value is -2.80. The SMILES string of the molecule is CC(C)C(NC(=O)C(=O)Nc1ccccc1Br)C(=O)NC(C=O)CCC(=O)NS(C)(=O)=O. The van der Waals surface area contributed by atoms with Crippen molar-refractivity contribution in [3.63, 3.8) is 0 Å². The Kier molecular flexibility index (Phi) is 10.5. The Morgan fingerprint density at radius 1 is 1.06 bits per heavy atom. The Morgan fingerprint density at radius 2 is 1.69 bits per heavy atom. The van der Waals surface area contributed by atoms with E-state index in [0.29, 0.717) is 16.4 Å². The summed E-state index contributed by atoms with van der Waals surface area (Å²) in [5.41, 5.74) is 0.367. The minimum atomic E-state index is -3.74. The van der Waals surface area contributed by atoms with Gasteiger partial charge in [0.2, 0.25) is 21.8 Å². The van der Waals surface area contributed by atoms with E-state index in [1.807, 2.05) is 0 Å². The second kappa shape index (κ2) is 12.3. The number of hydrogen-bond acceptors (Lipinski definition) is 7. The summed E-state index contributed by atoms with van der Waals surface area (Å²) in [7, 11) is -3.74. The van der Waals surface area contributed by atoms with Crippen LogP contribution in [-0.2, 0) is 34.0 Å². The van der Waals surface area contributed by atoms with Gasteiger partial charge in [0.15, 0.2) is 0 Å². The van der Waals surface area contributed by atoms with E-state index in [1.54, 1.807) is 42.8 Å². The number of benzene rings is 1. The predicted molar refractivity (Wildman–Crippen MR) is 120 cm³/mol. The van der Waals surface area contributed by atoms with Crippen molar-refractivity contribution in [2.45, 2.75) is 38.8 Å². The van der Waals surface area contributed by atoms with Crippen molar-refractivity contribution >= 4 is 61.6 Å². The van der Waals surface area contributed by atoms with E-state index in [1.165, 1.54) is 0 Å². The number of nitrogens with one attached hydrogen (secondary N) is 4. The maximum Gasteiger partial charge on any atom is 0.313 e. The lowest BCUT2D eigenvalue weighted by Gasteiger charge is -2.23.